The zero-order chi connectivity index (χ0) is 16.4. The minimum atomic E-state index is -0.339. The van der Waals surface area contributed by atoms with Gasteiger partial charge in [-0.3, -0.25) is 0 Å². The van der Waals surface area contributed by atoms with Crippen LogP contribution in [-0.4, -0.2) is 11.0 Å². The summed E-state index contributed by atoms with van der Waals surface area (Å²) in [5.74, 6) is 0.328. The number of benzene rings is 2. The maximum Gasteiger partial charge on any atom is 0.338 e. The summed E-state index contributed by atoms with van der Waals surface area (Å²) < 4.78 is 11.9. The van der Waals surface area contributed by atoms with Crippen molar-refractivity contribution >= 4 is 27.4 Å². The average Bonchev–Trinajstić information content (AvgIpc) is 3.30. The fraction of sp³-hybridized carbons (Fsp3) is 0.0526. The van der Waals surface area contributed by atoms with E-state index >= 15 is 0 Å². The fourth-order valence-electron chi connectivity index (χ4n) is 2.50. The van der Waals surface area contributed by atoms with E-state index in [1.165, 1.54) is 11.1 Å². The molecule has 0 aliphatic rings. The molecule has 0 radical (unpaired) electrons. The SMILES string of the molecule is O=C(OCc1csc2ccccc12)c1ccc(-c2cnco2)cc1. The van der Waals surface area contributed by atoms with Crippen LogP contribution in [-0.2, 0) is 11.3 Å². The lowest BCUT2D eigenvalue weighted by atomic mass is 10.1. The quantitative estimate of drug-likeness (QED) is 0.497. The Kier molecular flexibility index (Phi) is 3.84. The highest BCUT2D eigenvalue weighted by molar-refractivity contribution is 7.17. The van der Waals surface area contributed by atoms with Gasteiger partial charge in [-0.15, -0.1) is 11.3 Å². The second-order valence-corrected chi connectivity index (χ2v) is 6.19. The van der Waals surface area contributed by atoms with Gasteiger partial charge in [0.05, 0.1) is 11.8 Å². The molecule has 0 saturated heterocycles. The van der Waals surface area contributed by atoms with Crippen LogP contribution < -0.4 is 0 Å². The van der Waals surface area contributed by atoms with Crippen LogP contribution in [0, 0.1) is 0 Å². The molecule has 24 heavy (non-hydrogen) atoms. The number of carbonyl (C=O) groups is 1. The number of hydrogen-bond acceptors (Lipinski definition) is 5. The first kappa shape index (κ1) is 14.7. The van der Waals surface area contributed by atoms with E-state index in [9.17, 15) is 4.79 Å². The molecule has 0 N–H and O–H groups in total. The summed E-state index contributed by atoms with van der Waals surface area (Å²) in [6, 6.07) is 15.2. The van der Waals surface area contributed by atoms with E-state index in [-0.39, 0.29) is 12.6 Å². The molecule has 4 rings (SSSR count). The van der Waals surface area contributed by atoms with Gasteiger partial charge >= 0.3 is 5.97 Å². The Morgan fingerprint density at radius 1 is 1.12 bits per heavy atom. The molecule has 0 atom stereocenters. The van der Waals surface area contributed by atoms with Crippen molar-refractivity contribution < 1.29 is 13.9 Å². The molecule has 0 amide bonds. The maximum atomic E-state index is 12.2. The molecular formula is C19H13NO3S. The topological polar surface area (TPSA) is 52.3 Å². The highest BCUT2D eigenvalue weighted by atomic mass is 32.1. The number of nitrogens with zero attached hydrogens (tertiary/aromatic N) is 1. The van der Waals surface area contributed by atoms with E-state index < -0.39 is 0 Å². The number of ether oxygens (including phenoxy) is 1. The van der Waals surface area contributed by atoms with Gasteiger partial charge < -0.3 is 9.15 Å². The van der Waals surface area contributed by atoms with Crippen LogP contribution in [0.1, 0.15) is 15.9 Å². The summed E-state index contributed by atoms with van der Waals surface area (Å²) in [5, 5.41) is 3.17. The van der Waals surface area contributed by atoms with Crippen molar-refractivity contribution in [2.45, 2.75) is 6.61 Å². The molecule has 2 heterocycles. The van der Waals surface area contributed by atoms with Gasteiger partial charge in [0, 0.05) is 15.8 Å². The first-order valence-electron chi connectivity index (χ1n) is 7.42. The minimum absolute atomic E-state index is 0.271. The number of esters is 1. The van der Waals surface area contributed by atoms with Crippen molar-refractivity contribution in [2.75, 3.05) is 0 Å². The number of thiophene rings is 1. The maximum absolute atomic E-state index is 12.2. The Morgan fingerprint density at radius 3 is 2.75 bits per heavy atom. The van der Waals surface area contributed by atoms with E-state index in [4.69, 9.17) is 9.15 Å². The molecule has 4 aromatic rings. The van der Waals surface area contributed by atoms with Crippen LogP contribution in [0.2, 0.25) is 0 Å². The summed E-state index contributed by atoms with van der Waals surface area (Å²) in [7, 11) is 0. The zero-order valence-electron chi connectivity index (χ0n) is 12.6. The lowest BCUT2D eigenvalue weighted by Crippen LogP contribution is -2.04. The van der Waals surface area contributed by atoms with Gasteiger partial charge in [0.25, 0.3) is 0 Å². The first-order chi connectivity index (χ1) is 11.8. The molecule has 5 heteroatoms. The smallest absolute Gasteiger partial charge is 0.338 e. The fourth-order valence-corrected chi connectivity index (χ4v) is 3.45. The second-order valence-electron chi connectivity index (χ2n) is 5.28. The first-order valence-corrected chi connectivity index (χ1v) is 8.30. The van der Waals surface area contributed by atoms with Crippen molar-refractivity contribution in [3.8, 4) is 11.3 Å². The Labute approximate surface area is 142 Å². The normalized spacial score (nSPS) is 10.8. The zero-order valence-corrected chi connectivity index (χ0v) is 13.5. The van der Waals surface area contributed by atoms with Crippen molar-refractivity contribution in [1.82, 2.24) is 4.98 Å². The number of oxazole rings is 1. The van der Waals surface area contributed by atoms with Crippen LogP contribution in [0.4, 0.5) is 0 Å². The molecule has 0 aliphatic heterocycles. The number of rotatable bonds is 4. The van der Waals surface area contributed by atoms with Crippen LogP contribution >= 0.6 is 11.3 Å². The van der Waals surface area contributed by atoms with Gasteiger partial charge in [0.15, 0.2) is 12.2 Å². The lowest BCUT2D eigenvalue weighted by molar-refractivity contribution is 0.0475. The lowest BCUT2D eigenvalue weighted by Gasteiger charge is -2.05. The third-order valence-corrected chi connectivity index (χ3v) is 4.77. The standard InChI is InChI=1S/C19H13NO3S/c21-19(14-7-5-13(6-8-14)17-9-20-12-23-17)22-10-15-11-24-18-4-2-1-3-16(15)18/h1-9,11-12H,10H2. The van der Waals surface area contributed by atoms with Crippen LogP contribution in [0.5, 0.6) is 0 Å². The summed E-state index contributed by atoms with van der Waals surface area (Å²) in [4.78, 5) is 16.1. The Hall–Kier alpha value is -2.92. The Morgan fingerprint density at radius 2 is 1.96 bits per heavy atom. The van der Waals surface area contributed by atoms with Gasteiger partial charge in [0.2, 0.25) is 0 Å². The monoisotopic (exact) mass is 335 g/mol. The van der Waals surface area contributed by atoms with Crippen molar-refractivity contribution in [2.24, 2.45) is 0 Å². The summed E-state index contributed by atoms with van der Waals surface area (Å²) in [6.07, 6.45) is 3.01. The van der Waals surface area contributed by atoms with E-state index in [1.54, 1.807) is 29.7 Å². The van der Waals surface area contributed by atoms with Gasteiger partial charge in [-0.1, -0.05) is 30.3 Å². The molecule has 0 aliphatic carbocycles. The van der Waals surface area contributed by atoms with E-state index in [2.05, 4.69) is 11.1 Å². The molecule has 4 nitrogen and oxygen atoms in total. The molecule has 0 saturated carbocycles. The van der Waals surface area contributed by atoms with Gasteiger partial charge in [-0.05, 0) is 29.0 Å². The third-order valence-electron chi connectivity index (χ3n) is 3.76. The molecule has 0 fully saturated rings. The minimum Gasteiger partial charge on any atom is -0.457 e. The molecule has 2 aromatic heterocycles. The molecule has 2 aromatic carbocycles. The number of carbonyl (C=O) groups excluding carboxylic acids is 1. The van der Waals surface area contributed by atoms with Gasteiger partial charge in [0.1, 0.15) is 6.61 Å². The summed E-state index contributed by atoms with van der Waals surface area (Å²) in [5.41, 5.74) is 2.41. The van der Waals surface area contributed by atoms with Crippen LogP contribution in [0.3, 0.4) is 0 Å². The highest BCUT2D eigenvalue weighted by Gasteiger charge is 2.10. The number of fused-ring (bicyclic) bond motifs is 1. The third kappa shape index (κ3) is 2.81. The predicted molar refractivity (Wildman–Crippen MR) is 92.9 cm³/mol. The largest absolute Gasteiger partial charge is 0.457 e. The predicted octanol–water partition coefficient (Wildman–Crippen LogP) is 4.91. The van der Waals surface area contributed by atoms with Crippen molar-refractivity contribution in [1.29, 1.82) is 0 Å². The van der Waals surface area contributed by atoms with Crippen molar-refractivity contribution in [3.05, 3.63) is 77.6 Å². The van der Waals surface area contributed by atoms with Crippen molar-refractivity contribution in [3.63, 3.8) is 0 Å². The molecular weight excluding hydrogens is 322 g/mol. The molecule has 0 bridgehead atoms. The summed E-state index contributed by atoms with van der Waals surface area (Å²) in [6.45, 7) is 0.271. The van der Waals surface area contributed by atoms with Gasteiger partial charge in [-0.2, -0.15) is 0 Å². The van der Waals surface area contributed by atoms with Crippen LogP contribution in [0.15, 0.2) is 70.9 Å². The highest BCUT2D eigenvalue weighted by Crippen LogP contribution is 2.26. The van der Waals surface area contributed by atoms with E-state index in [0.717, 1.165) is 16.5 Å². The Bertz CT molecular complexity index is 971. The number of aromatic nitrogens is 1. The molecule has 0 unspecified atom stereocenters. The van der Waals surface area contributed by atoms with Crippen LogP contribution in [0.25, 0.3) is 21.4 Å². The van der Waals surface area contributed by atoms with E-state index in [1.807, 2.05) is 35.7 Å². The molecule has 0 spiro atoms. The average molecular weight is 335 g/mol. The molecule has 118 valence electrons. The van der Waals surface area contributed by atoms with E-state index in [0.29, 0.717) is 11.3 Å². The summed E-state index contributed by atoms with van der Waals surface area (Å²) >= 11 is 1.65. The number of hydrogen-bond donors (Lipinski definition) is 0. The Balaban J connectivity index is 1.46. The second kappa shape index (κ2) is 6.29. The van der Waals surface area contributed by atoms with Gasteiger partial charge in [-0.25, -0.2) is 9.78 Å².